The van der Waals surface area contributed by atoms with E-state index in [1.165, 1.54) is 12.3 Å². The molecule has 0 amide bonds. The number of aromatic nitrogens is 1. The van der Waals surface area contributed by atoms with E-state index in [9.17, 15) is 13.2 Å². The van der Waals surface area contributed by atoms with Gasteiger partial charge in [-0.25, -0.2) is 4.98 Å². The quantitative estimate of drug-likeness (QED) is 0.443. The molecule has 3 nitrogen and oxygen atoms in total. The highest BCUT2D eigenvalue weighted by atomic mass is 32.2. The minimum atomic E-state index is -2.53. The molecule has 0 spiro atoms. The van der Waals surface area contributed by atoms with E-state index in [-0.39, 0.29) is 0 Å². The van der Waals surface area contributed by atoms with E-state index in [4.69, 9.17) is 0 Å². The first-order chi connectivity index (χ1) is 4.72. The number of halogens is 1. The summed E-state index contributed by atoms with van der Waals surface area (Å²) in [7, 11) is 0. The van der Waals surface area contributed by atoms with Crippen molar-refractivity contribution in [2.45, 2.75) is 4.90 Å². The molecule has 0 bridgehead atoms. The van der Waals surface area contributed by atoms with Gasteiger partial charge in [-0.3, -0.25) is 4.21 Å². The predicted octanol–water partition coefficient (Wildman–Crippen LogP) is 0.459. The number of hydrogen-bond acceptors (Lipinski definition) is 3. The molecule has 1 heterocycles. The summed E-state index contributed by atoms with van der Waals surface area (Å²) in [5.41, 5.74) is 0. The number of pyridine rings is 1. The van der Waals surface area contributed by atoms with Crippen molar-refractivity contribution in [3.05, 3.63) is 24.3 Å². The summed E-state index contributed by atoms with van der Waals surface area (Å²) in [6, 6.07) is 2.50. The van der Waals surface area contributed by atoms with Crippen LogP contribution in [0.4, 0.5) is 4.39 Å². The average Bonchev–Trinajstić information content (AvgIpc) is 1.88. The molecule has 1 aromatic heterocycles. The summed E-state index contributed by atoms with van der Waals surface area (Å²) >= 11 is -2.53. The van der Waals surface area contributed by atoms with Gasteiger partial charge in [0.15, 0.2) is 0 Å². The topological polar surface area (TPSA) is 53.0 Å². The molecular weight excluding hydrogens is 157 g/mol. The first-order valence-electron chi connectivity index (χ1n) is 2.41. The van der Waals surface area contributed by atoms with E-state index in [1.54, 1.807) is 0 Å². The van der Waals surface area contributed by atoms with Crippen LogP contribution in [0.15, 0.2) is 23.2 Å². The van der Waals surface area contributed by atoms with Gasteiger partial charge < -0.3 is 4.55 Å². The zero-order valence-corrected chi connectivity index (χ0v) is 5.60. The van der Waals surface area contributed by atoms with Crippen molar-refractivity contribution < 1.29 is 13.2 Å². The van der Waals surface area contributed by atoms with Crippen molar-refractivity contribution in [3.8, 4) is 0 Å². The Labute approximate surface area is 59.2 Å². The zero-order valence-electron chi connectivity index (χ0n) is 4.78. The Morgan fingerprint density at radius 3 is 2.80 bits per heavy atom. The molecule has 0 aromatic carbocycles. The molecule has 0 radical (unpaired) electrons. The fourth-order valence-corrected chi connectivity index (χ4v) is 0.876. The third-order valence-electron chi connectivity index (χ3n) is 0.904. The van der Waals surface area contributed by atoms with Gasteiger partial charge in [-0.2, -0.15) is 4.39 Å². The lowest BCUT2D eigenvalue weighted by Crippen LogP contribution is -1.94. The van der Waals surface area contributed by atoms with Crippen LogP contribution in [-0.4, -0.2) is 13.7 Å². The van der Waals surface area contributed by atoms with Crippen molar-refractivity contribution in [1.82, 2.24) is 4.98 Å². The Morgan fingerprint density at radius 1 is 1.70 bits per heavy atom. The maximum atomic E-state index is 12.3. The van der Waals surface area contributed by atoms with E-state index >= 15 is 0 Å². The molecule has 1 atom stereocenters. The Kier molecular flexibility index (Phi) is 2.08. The van der Waals surface area contributed by atoms with Gasteiger partial charge in [-0.1, -0.05) is 0 Å². The van der Waals surface area contributed by atoms with Crippen LogP contribution in [0.3, 0.4) is 0 Å². The maximum Gasteiger partial charge on any atom is 0.227 e. The van der Waals surface area contributed by atoms with E-state index in [0.717, 1.165) is 6.07 Å². The van der Waals surface area contributed by atoms with Crippen LogP contribution in [0, 0.1) is 5.95 Å². The second-order valence-electron chi connectivity index (χ2n) is 1.53. The van der Waals surface area contributed by atoms with Crippen LogP contribution in [0.2, 0.25) is 0 Å². The van der Waals surface area contributed by atoms with Gasteiger partial charge in [0.25, 0.3) is 0 Å². The summed E-state index contributed by atoms with van der Waals surface area (Å²) in [5.74, 6) is -0.962. The minimum Gasteiger partial charge on any atom is -0.768 e. The summed E-state index contributed by atoms with van der Waals surface area (Å²) in [5, 5.41) is 0. The van der Waals surface area contributed by atoms with Crippen LogP contribution in [0.25, 0.3) is 0 Å². The number of rotatable bonds is 1. The Balaban J connectivity index is 3.15. The SMILES string of the molecule is O=S([O-])c1cccnc1F. The third kappa shape index (κ3) is 1.37. The highest BCUT2D eigenvalue weighted by Crippen LogP contribution is 2.05. The van der Waals surface area contributed by atoms with Crippen LogP contribution < -0.4 is 0 Å². The van der Waals surface area contributed by atoms with Gasteiger partial charge in [-0.15, -0.1) is 0 Å². The van der Waals surface area contributed by atoms with Crippen molar-refractivity contribution in [2.24, 2.45) is 0 Å². The lowest BCUT2D eigenvalue weighted by atomic mass is 10.5. The molecule has 1 rings (SSSR count). The molecule has 5 heteroatoms. The largest absolute Gasteiger partial charge is 0.768 e. The van der Waals surface area contributed by atoms with Gasteiger partial charge >= 0.3 is 0 Å². The van der Waals surface area contributed by atoms with E-state index in [0.29, 0.717) is 0 Å². The Hall–Kier alpha value is -0.810. The highest BCUT2D eigenvalue weighted by molar-refractivity contribution is 7.79. The fraction of sp³-hybridized carbons (Fsp3) is 0. The van der Waals surface area contributed by atoms with Crippen LogP contribution >= 0.6 is 0 Å². The smallest absolute Gasteiger partial charge is 0.227 e. The van der Waals surface area contributed by atoms with Gasteiger partial charge in [0, 0.05) is 6.20 Å². The van der Waals surface area contributed by atoms with Gasteiger partial charge in [0.2, 0.25) is 5.95 Å². The number of nitrogens with zero attached hydrogens (tertiary/aromatic N) is 1. The molecule has 0 saturated carbocycles. The average molecular weight is 160 g/mol. The molecule has 1 aromatic rings. The summed E-state index contributed by atoms with van der Waals surface area (Å²) in [6.45, 7) is 0. The normalized spacial score (nSPS) is 13.0. The molecule has 0 fully saturated rings. The van der Waals surface area contributed by atoms with Crippen LogP contribution in [-0.2, 0) is 11.1 Å². The monoisotopic (exact) mass is 160 g/mol. The predicted molar refractivity (Wildman–Crippen MR) is 31.4 cm³/mol. The molecule has 10 heavy (non-hydrogen) atoms. The second kappa shape index (κ2) is 2.85. The molecule has 0 aliphatic rings. The highest BCUT2D eigenvalue weighted by Gasteiger charge is 1.99. The summed E-state index contributed by atoms with van der Waals surface area (Å²) in [6.07, 6.45) is 1.19. The van der Waals surface area contributed by atoms with Gasteiger partial charge in [0.1, 0.15) is 0 Å². The summed E-state index contributed by atoms with van der Waals surface area (Å²) < 4.78 is 32.6. The van der Waals surface area contributed by atoms with E-state index < -0.39 is 21.9 Å². The van der Waals surface area contributed by atoms with Crippen molar-refractivity contribution in [2.75, 3.05) is 0 Å². The number of hydrogen-bond donors (Lipinski definition) is 0. The first kappa shape index (κ1) is 7.30. The van der Waals surface area contributed by atoms with Gasteiger partial charge in [-0.05, 0) is 23.2 Å². The lowest BCUT2D eigenvalue weighted by molar-refractivity contribution is 0.511. The third-order valence-corrected chi connectivity index (χ3v) is 1.57. The van der Waals surface area contributed by atoms with Gasteiger partial charge in [0.05, 0.1) is 4.90 Å². The second-order valence-corrected chi connectivity index (χ2v) is 2.44. The minimum absolute atomic E-state index is 0.400. The summed E-state index contributed by atoms with van der Waals surface area (Å²) in [4.78, 5) is 2.74. The maximum absolute atomic E-state index is 12.3. The molecule has 0 N–H and O–H groups in total. The Bertz CT molecular complexity index is 266. The molecule has 1 unspecified atom stereocenters. The standard InChI is InChI=1S/C5H4FNO2S/c6-5-4(10(8)9)2-1-3-7-5/h1-3H,(H,8,9)/p-1. The molecule has 0 aliphatic carbocycles. The van der Waals surface area contributed by atoms with Crippen LogP contribution in [0.5, 0.6) is 0 Å². The van der Waals surface area contributed by atoms with Crippen molar-refractivity contribution in [1.29, 1.82) is 0 Å². The fourth-order valence-electron chi connectivity index (χ4n) is 0.496. The van der Waals surface area contributed by atoms with Crippen molar-refractivity contribution in [3.63, 3.8) is 0 Å². The van der Waals surface area contributed by atoms with E-state index in [1.807, 2.05) is 0 Å². The molecular formula is C5H3FNO2S-. The lowest BCUT2D eigenvalue weighted by Gasteiger charge is -2.03. The molecule has 54 valence electrons. The van der Waals surface area contributed by atoms with Crippen LogP contribution in [0.1, 0.15) is 0 Å². The first-order valence-corrected chi connectivity index (χ1v) is 3.49. The zero-order chi connectivity index (χ0) is 7.56. The Morgan fingerprint density at radius 2 is 2.40 bits per heavy atom. The molecule has 0 saturated heterocycles. The van der Waals surface area contributed by atoms with Crippen molar-refractivity contribution >= 4 is 11.1 Å². The molecule has 0 aliphatic heterocycles. The van der Waals surface area contributed by atoms with E-state index in [2.05, 4.69) is 4.98 Å².